The fourth-order valence-corrected chi connectivity index (χ4v) is 3.00. The molecule has 3 aromatic carbocycles. The first-order valence-electron chi connectivity index (χ1n) is 9.83. The summed E-state index contributed by atoms with van der Waals surface area (Å²) in [5, 5.41) is 4.35. The van der Waals surface area contributed by atoms with Crippen molar-refractivity contribution in [2.75, 3.05) is 5.32 Å². The van der Waals surface area contributed by atoms with Gasteiger partial charge in [0.1, 0.15) is 29.1 Å². The molecule has 0 bridgehead atoms. The first-order valence-corrected chi connectivity index (χ1v) is 9.83. The van der Waals surface area contributed by atoms with E-state index in [9.17, 15) is 18.4 Å². The maximum absolute atomic E-state index is 13.6. The van der Waals surface area contributed by atoms with Gasteiger partial charge >= 0.3 is 6.03 Å². The first kappa shape index (κ1) is 22.0. The fourth-order valence-electron chi connectivity index (χ4n) is 3.00. The molecular weight excluding hydrogens is 402 g/mol. The Morgan fingerprint density at radius 2 is 1.55 bits per heavy atom. The lowest BCUT2D eigenvalue weighted by Crippen LogP contribution is -2.35. The molecule has 0 heterocycles. The monoisotopic (exact) mass is 424 g/mol. The Bertz CT molecular complexity index is 1020. The van der Waals surface area contributed by atoms with Crippen molar-refractivity contribution in [2.24, 2.45) is 0 Å². The first-order chi connectivity index (χ1) is 15.0. The zero-order valence-electron chi connectivity index (χ0n) is 16.9. The highest BCUT2D eigenvalue weighted by molar-refractivity contribution is 6.08. The maximum atomic E-state index is 13.6. The van der Waals surface area contributed by atoms with Gasteiger partial charge in [-0.3, -0.25) is 10.1 Å². The standard InChI is InChI=1S/C24H22F2N2O3/c1-2-18(15-16-7-4-3-5-8-16)31-19-13-11-17(12-14-19)27-24(30)28-23(29)22-20(25)9-6-10-21(22)26/h3-14,18H,2,15H2,1H3,(H2,27,28,29,30). The molecule has 3 amide bonds. The number of urea groups is 1. The van der Waals surface area contributed by atoms with Crippen LogP contribution in [0.15, 0.2) is 72.8 Å². The number of carbonyl (C=O) groups is 2. The highest BCUT2D eigenvalue weighted by Gasteiger charge is 2.19. The summed E-state index contributed by atoms with van der Waals surface area (Å²) in [5.74, 6) is -2.63. The highest BCUT2D eigenvalue weighted by atomic mass is 19.1. The molecule has 0 aliphatic carbocycles. The van der Waals surface area contributed by atoms with Crippen LogP contribution in [-0.4, -0.2) is 18.0 Å². The van der Waals surface area contributed by atoms with Crippen molar-refractivity contribution in [3.8, 4) is 5.75 Å². The van der Waals surface area contributed by atoms with Crippen molar-refractivity contribution in [3.63, 3.8) is 0 Å². The van der Waals surface area contributed by atoms with Gasteiger partial charge in [-0.1, -0.05) is 43.3 Å². The molecule has 0 spiro atoms. The number of halogens is 2. The molecule has 7 heteroatoms. The van der Waals surface area contributed by atoms with Gasteiger partial charge in [0.2, 0.25) is 0 Å². The summed E-state index contributed by atoms with van der Waals surface area (Å²) >= 11 is 0. The second-order valence-electron chi connectivity index (χ2n) is 6.87. The van der Waals surface area contributed by atoms with E-state index < -0.39 is 29.1 Å². The van der Waals surface area contributed by atoms with Crippen LogP contribution in [0.25, 0.3) is 0 Å². The van der Waals surface area contributed by atoms with Crippen molar-refractivity contribution >= 4 is 17.6 Å². The predicted molar refractivity (Wildman–Crippen MR) is 114 cm³/mol. The van der Waals surface area contributed by atoms with Gasteiger partial charge in [0.25, 0.3) is 5.91 Å². The lowest BCUT2D eigenvalue weighted by atomic mass is 10.1. The third-order valence-electron chi connectivity index (χ3n) is 4.59. The molecule has 0 radical (unpaired) electrons. The SMILES string of the molecule is CCC(Cc1ccccc1)Oc1ccc(NC(=O)NC(=O)c2c(F)cccc2F)cc1. The number of amides is 3. The zero-order valence-corrected chi connectivity index (χ0v) is 16.9. The molecular formula is C24H22F2N2O3. The summed E-state index contributed by atoms with van der Waals surface area (Å²) < 4.78 is 33.3. The Balaban J connectivity index is 1.56. The van der Waals surface area contributed by atoms with Crippen LogP contribution in [0.2, 0.25) is 0 Å². The molecule has 3 rings (SSSR count). The smallest absolute Gasteiger partial charge is 0.326 e. The van der Waals surface area contributed by atoms with Gasteiger partial charge in [-0.25, -0.2) is 13.6 Å². The van der Waals surface area contributed by atoms with E-state index in [0.29, 0.717) is 11.4 Å². The van der Waals surface area contributed by atoms with E-state index in [1.165, 1.54) is 5.56 Å². The van der Waals surface area contributed by atoms with Gasteiger partial charge in [0.05, 0.1) is 0 Å². The lowest BCUT2D eigenvalue weighted by molar-refractivity contribution is 0.0959. The van der Waals surface area contributed by atoms with Gasteiger partial charge in [0, 0.05) is 12.1 Å². The molecule has 1 unspecified atom stereocenters. The van der Waals surface area contributed by atoms with E-state index in [2.05, 4.69) is 5.32 Å². The average molecular weight is 424 g/mol. The second-order valence-corrected chi connectivity index (χ2v) is 6.87. The minimum atomic E-state index is -1.17. The maximum Gasteiger partial charge on any atom is 0.326 e. The lowest BCUT2D eigenvalue weighted by Gasteiger charge is -2.18. The van der Waals surface area contributed by atoms with Crippen LogP contribution >= 0.6 is 0 Å². The second kappa shape index (κ2) is 10.3. The molecule has 0 aliphatic heterocycles. The molecule has 3 aromatic rings. The van der Waals surface area contributed by atoms with E-state index in [0.717, 1.165) is 31.0 Å². The van der Waals surface area contributed by atoms with Crippen LogP contribution in [-0.2, 0) is 6.42 Å². The van der Waals surface area contributed by atoms with Gasteiger partial charge in [-0.05, 0) is 48.4 Å². The zero-order chi connectivity index (χ0) is 22.2. The Morgan fingerprint density at radius 1 is 0.903 bits per heavy atom. The van der Waals surface area contributed by atoms with Crippen molar-refractivity contribution < 1.29 is 23.1 Å². The van der Waals surface area contributed by atoms with Crippen LogP contribution in [0.5, 0.6) is 5.75 Å². The molecule has 0 fully saturated rings. The molecule has 0 aliphatic rings. The minimum absolute atomic E-state index is 0.00204. The summed E-state index contributed by atoms with van der Waals surface area (Å²) in [4.78, 5) is 24.0. The van der Waals surface area contributed by atoms with Crippen molar-refractivity contribution in [3.05, 3.63) is 95.6 Å². The molecule has 1 atom stereocenters. The van der Waals surface area contributed by atoms with E-state index in [4.69, 9.17) is 4.74 Å². The number of rotatable bonds is 7. The molecule has 0 saturated carbocycles. The quantitative estimate of drug-likeness (QED) is 0.539. The summed E-state index contributed by atoms with van der Waals surface area (Å²) in [6.07, 6.45) is 1.60. The van der Waals surface area contributed by atoms with Gasteiger partial charge in [-0.2, -0.15) is 0 Å². The number of imide groups is 1. The Kier molecular flexibility index (Phi) is 7.32. The van der Waals surface area contributed by atoms with Crippen LogP contribution in [0.3, 0.4) is 0 Å². The largest absolute Gasteiger partial charge is 0.490 e. The Hall–Kier alpha value is -3.74. The van der Waals surface area contributed by atoms with Gasteiger partial charge in [0.15, 0.2) is 0 Å². The van der Waals surface area contributed by atoms with E-state index in [-0.39, 0.29) is 6.10 Å². The summed E-state index contributed by atoms with van der Waals surface area (Å²) in [7, 11) is 0. The van der Waals surface area contributed by atoms with Crippen molar-refractivity contribution in [2.45, 2.75) is 25.9 Å². The molecule has 0 aromatic heterocycles. The van der Waals surface area contributed by atoms with E-state index in [1.54, 1.807) is 24.3 Å². The molecule has 31 heavy (non-hydrogen) atoms. The topological polar surface area (TPSA) is 67.4 Å². The predicted octanol–water partition coefficient (Wildman–Crippen LogP) is 5.33. The number of anilines is 1. The van der Waals surface area contributed by atoms with Crippen molar-refractivity contribution in [1.29, 1.82) is 0 Å². The van der Waals surface area contributed by atoms with Crippen LogP contribution in [0.1, 0.15) is 29.3 Å². The summed E-state index contributed by atoms with van der Waals surface area (Å²) in [6, 6.07) is 18.8. The van der Waals surface area contributed by atoms with Crippen molar-refractivity contribution in [1.82, 2.24) is 5.32 Å². The number of carbonyl (C=O) groups excluding carboxylic acids is 2. The third kappa shape index (κ3) is 6.12. The summed E-state index contributed by atoms with van der Waals surface area (Å²) in [6.45, 7) is 2.04. The fraction of sp³-hybridized carbons (Fsp3) is 0.167. The molecule has 5 nitrogen and oxygen atoms in total. The third-order valence-corrected chi connectivity index (χ3v) is 4.59. The molecule has 0 saturated heterocycles. The van der Waals surface area contributed by atoms with Crippen LogP contribution in [0, 0.1) is 11.6 Å². The van der Waals surface area contributed by atoms with Gasteiger partial charge in [-0.15, -0.1) is 0 Å². The molecule has 160 valence electrons. The number of ether oxygens (including phenoxy) is 1. The minimum Gasteiger partial charge on any atom is -0.490 e. The summed E-state index contributed by atoms with van der Waals surface area (Å²) in [5.41, 5.74) is 0.758. The number of hydrogen-bond donors (Lipinski definition) is 2. The highest BCUT2D eigenvalue weighted by Crippen LogP contribution is 2.19. The Morgan fingerprint density at radius 3 is 2.16 bits per heavy atom. The average Bonchev–Trinajstić information content (AvgIpc) is 2.75. The van der Waals surface area contributed by atoms with E-state index >= 15 is 0 Å². The van der Waals surface area contributed by atoms with Crippen LogP contribution in [0.4, 0.5) is 19.3 Å². The van der Waals surface area contributed by atoms with E-state index in [1.807, 2.05) is 42.6 Å². The van der Waals surface area contributed by atoms with Crippen LogP contribution < -0.4 is 15.4 Å². The van der Waals surface area contributed by atoms with Gasteiger partial charge < -0.3 is 10.1 Å². The molecule has 2 N–H and O–H groups in total. The number of hydrogen-bond acceptors (Lipinski definition) is 3. The number of nitrogens with one attached hydrogen (secondary N) is 2. The number of benzene rings is 3. The normalized spacial score (nSPS) is 11.5. The Labute approximate surface area is 179 Å².